The van der Waals surface area contributed by atoms with Gasteiger partial charge in [-0.15, -0.1) is 0 Å². The number of rotatable bonds is 3. The van der Waals surface area contributed by atoms with Gasteiger partial charge in [-0.2, -0.15) is 4.98 Å². The van der Waals surface area contributed by atoms with Crippen LogP contribution in [0.1, 0.15) is 0 Å². The van der Waals surface area contributed by atoms with E-state index < -0.39 is 0 Å². The van der Waals surface area contributed by atoms with E-state index in [0.717, 1.165) is 0 Å². The molecule has 0 fully saturated rings. The Labute approximate surface area is 103 Å². The third-order valence-corrected chi connectivity index (χ3v) is 2.35. The van der Waals surface area contributed by atoms with Gasteiger partial charge in [-0.25, -0.2) is 9.37 Å². The van der Waals surface area contributed by atoms with Gasteiger partial charge in [-0.3, -0.25) is 0 Å². The first-order valence-corrected chi connectivity index (χ1v) is 5.29. The predicted octanol–water partition coefficient (Wildman–Crippen LogP) is 3.05. The van der Waals surface area contributed by atoms with E-state index in [-0.39, 0.29) is 5.82 Å². The highest BCUT2D eigenvalue weighted by molar-refractivity contribution is 6.32. The maximum Gasteiger partial charge on any atom is 0.224 e. The molecular weight excluding hydrogens is 243 g/mol. The molecule has 0 saturated heterocycles. The molecule has 0 atom stereocenters. The number of halogens is 2. The molecule has 0 unspecified atom stereocenters. The number of anilines is 3. The predicted molar refractivity (Wildman–Crippen MR) is 66.3 cm³/mol. The van der Waals surface area contributed by atoms with Crippen molar-refractivity contribution in [2.75, 3.05) is 17.7 Å². The van der Waals surface area contributed by atoms with E-state index in [1.54, 1.807) is 19.2 Å². The summed E-state index contributed by atoms with van der Waals surface area (Å²) in [5, 5.41) is 6.19. The van der Waals surface area contributed by atoms with Crippen LogP contribution in [0.25, 0.3) is 0 Å². The van der Waals surface area contributed by atoms with E-state index in [9.17, 15) is 4.39 Å². The van der Waals surface area contributed by atoms with Gasteiger partial charge in [-0.05, 0) is 24.3 Å². The fraction of sp³-hybridized carbons (Fsp3) is 0.0909. The first-order valence-electron chi connectivity index (χ1n) is 4.92. The zero-order valence-corrected chi connectivity index (χ0v) is 9.79. The molecule has 1 heterocycles. The molecule has 0 saturated carbocycles. The Morgan fingerprint density at radius 3 is 2.59 bits per heavy atom. The third-order valence-electron chi connectivity index (χ3n) is 2.07. The summed E-state index contributed by atoms with van der Waals surface area (Å²) < 4.78 is 12.7. The molecule has 2 N–H and O–H groups in total. The number of aromatic nitrogens is 2. The maximum absolute atomic E-state index is 12.7. The molecule has 0 aliphatic rings. The van der Waals surface area contributed by atoms with Crippen LogP contribution in [-0.2, 0) is 0 Å². The molecule has 88 valence electrons. The van der Waals surface area contributed by atoms with Crippen molar-refractivity contribution in [3.63, 3.8) is 0 Å². The second-order valence-electron chi connectivity index (χ2n) is 3.27. The average molecular weight is 253 g/mol. The second-order valence-corrected chi connectivity index (χ2v) is 3.68. The Hall–Kier alpha value is -1.88. The minimum absolute atomic E-state index is 0.291. The first-order chi connectivity index (χ1) is 8.19. The summed E-state index contributed by atoms with van der Waals surface area (Å²) in [7, 11) is 1.71. The van der Waals surface area contributed by atoms with Crippen LogP contribution < -0.4 is 10.6 Å². The van der Waals surface area contributed by atoms with Crippen molar-refractivity contribution in [3.05, 3.63) is 41.3 Å². The molecule has 0 radical (unpaired) electrons. The van der Waals surface area contributed by atoms with Crippen molar-refractivity contribution in [3.8, 4) is 0 Å². The van der Waals surface area contributed by atoms with Crippen LogP contribution in [0.3, 0.4) is 0 Å². The van der Waals surface area contributed by atoms with Gasteiger partial charge < -0.3 is 10.6 Å². The Bertz CT molecular complexity index is 515. The van der Waals surface area contributed by atoms with Gasteiger partial charge in [0.15, 0.2) is 5.82 Å². The highest BCUT2D eigenvalue weighted by atomic mass is 35.5. The fourth-order valence-corrected chi connectivity index (χ4v) is 1.38. The first kappa shape index (κ1) is 11.6. The Kier molecular flexibility index (Phi) is 3.39. The lowest BCUT2D eigenvalue weighted by Gasteiger charge is -2.08. The van der Waals surface area contributed by atoms with Crippen molar-refractivity contribution < 1.29 is 4.39 Å². The average Bonchev–Trinajstić information content (AvgIpc) is 2.35. The second kappa shape index (κ2) is 4.97. The number of hydrogen-bond donors (Lipinski definition) is 2. The van der Waals surface area contributed by atoms with Crippen molar-refractivity contribution >= 4 is 29.1 Å². The number of nitrogens with one attached hydrogen (secondary N) is 2. The van der Waals surface area contributed by atoms with Gasteiger partial charge in [0.2, 0.25) is 5.95 Å². The molecule has 0 aliphatic heterocycles. The molecule has 0 spiro atoms. The van der Waals surface area contributed by atoms with E-state index in [4.69, 9.17) is 11.6 Å². The summed E-state index contributed by atoms with van der Waals surface area (Å²) in [5.41, 5.74) is 0.703. The molecule has 0 aliphatic carbocycles. The highest BCUT2D eigenvalue weighted by Gasteiger charge is 2.04. The molecule has 2 aromatic rings. The van der Waals surface area contributed by atoms with E-state index in [0.29, 0.717) is 22.5 Å². The van der Waals surface area contributed by atoms with Crippen molar-refractivity contribution in [2.24, 2.45) is 0 Å². The maximum atomic E-state index is 12.7. The molecule has 1 aromatic carbocycles. The summed E-state index contributed by atoms with van der Waals surface area (Å²) in [4.78, 5) is 8.11. The van der Waals surface area contributed by atoms with Crippen LogP contribution in [0, 0.1) is 5.82 Å². The van der Waals surface area contributed by atoms with Crippen LogP contribution in [0.2, 0.25) is 5.02 Å². The lowest BCUT2D eigenvalue weighted by molar-refractivity contribution is 0.628. The number of nitrogens with zero attached hydrogens (tertiary/aromatic N) is 2. The minimum atomic E-state index is -0.291. The van der Waals surface area contributed by atoms with E-state index in [2.05, 4.69) is 20.6 Å². The zero-order valence-electron chi connectivity index (χ0n) is 9.04. The zero-order chi connectivity index (χ0) is 12.3. The lowest BCUT2D eigenvalue weighted by atomic mass is 10.3. The van der Waals surface area contributed by atoms with Gasteiger partial charge >= 0.3 is 0 Å². The normalized spacial score (nSPS) is 10.1. The van der Waals surface area contributed by atoms with Gasteiger partial charge in [0.05, 0.1) is 6.20 Å². The summed E-state index contributed by atoms with van der Waals surface area (Å²) >= 11 is 5.95. The number of hydrogen-bond acceptors (Lipinski definition) is 4. The standard InChI is InChI=1S/C11H10ClFN4/c1-14-11-15-6-9(12)10(17-11)16-8-4-2-7(13)3-5-8/h2-6H,1H3,(H2,14,15,16,17). The SMILES string of the molecule is CNc1ncc(Cl)c(Nc2ccc(F)cc2)n1. The molecule has 2 rings (SSSR count). The Morgan fingerprint density at radius 1 is 1.24 bits per heavy atom. The fourth-order valence-electron chi connectivity index (χ4n) is 1.25. The largest absolute Gasteiger partial charge is 0.357 e. The minimum Gasteiger partial charge on any atom is -0.357 e. The van der Waals surface area contributed by atoms with Crippen LogP contribution in [-0.4, -0.2) is 17.0 Å². The summed E-state index contributed by atoms with van der Waals surface area (Å²) in [6, 6.07) is 5.92. The van der Waals surface area contributed by atoms with Crippen molar-refractivity contribution in [1.82, 2.24) is 9.97 Å². The van der Waals surface area contributed by atoms with E-state index in [1.165, 1.54) is 18.3 Å². The van der Waals surface area contributed by atoms with Gasteiger partial charge in [0, 0.05) is 12.7 Å². The molecule has 0 bridgehead atoms. The molecule has 1 aromatic heterocycles. The quantitative estimate of drug-likeness (QED) is 0.882. The monoisotopic (exact) mass is 252 g/mol. The van der Waals surface area contributed by atoms with E-state index in [1.807, 2.05) is 0 Å². The van der Waals surface area contributed by atoms with Gasteiger partial charge in [-0.1, -0.05) is 11.6 Å². The topological polar surface area (TPSA) is 49.8 Å². The summed E-state index contributed by atoms with van der Waals surface area (Å²) in [6.07, 6.45) is 1.49. The summed E-state index contributed by atoms with van der Waals surface area (Å²) in [5.74, 6) is 0.636. The Balaban J connectivity index is 2.25. The molecule has 4 nitrogen and oxygen atoms in total. The summed E-state index contributed by atoms with van der Waals surface area (Å²) in [6.45, 7) is 0. The Morgan fingerprint density at radius 2 is 1.94 bits per heavy atom. The molecule has 17 heavy (non-hydrogen) atoms. The van der Waals surface area contributed by atoms with Gasteiger partial charge in [0.1, 0.15) is 10.8 Å². The van der Waals surface area contributed by atoms with Crippen molar-refractivity contribution in [1.29, 1.82) is 0 Å². The van der Waals surface area contributed by atoms with Crippen molar-refractivity contribution in [2.45, 2.75) is 0 Å². The van der Waals surface area contributed by atoms with E-state index >= 15 is 0 Å². The van der Waals surface area contributed by atoms with Crippen LogP contribution in [0.4, 0.5) is 21.8 Å². The smallest absolute Gasteiger partial charge is 0.224 e. The van der Waals surface area contributed by atoms with Crippen LogP contribution in [0.5, 0.6) is 0 Å². The van der Waals surface area contributed by atoms with Gasteiger partial charge in [0.25, 0.3) is 0 Å². The molecule has 6 heteroatoms. The highest BCUT2D eigenvalue weighted by Crippen LogP contribution is 2.23. The lowest BCUT2D eigenvalue weighted by Crippen LogP contribution is -2.00. The molecular formula is C11H10ClFN4. The van der Waals surface area contributed by atoms with Crippen LogP contribution in [0.15, 0.2) is 30.5 Å². The number of benzene rings is 1. The van der Waals surface area contributed by atoms with Crippen LogP contribution >= 0.6 is 11.6 Å². The molecule has 0 amide bonds. The third kappa shape index (κ3) is 2.82.